The van der Waals surface area contributed by atoms with Crippen LogP contribution < -0.4 is 15.6 Å². The molecule has 1 aromatic carbocycles. The van der Waals surface area contributed by atoms with Gasteiger partial charge in [-0.2, -0.15) is 0 Å². The molecule has 0 radical (unpaired) electrons. The highest BCUT2D eigenvalue weighted by molar-refractivity contribution is 7.18. The van der Waals surface area contributed by atoms with Gasteiger partial charge in [-0.25, -0.2) is 4.98 Å². The summed E-state index contributed by atoms with van der Waals surface area (Å²) in [6, 6.07) is 6.60. The highest BCUT2D eigenvalue weighted by atomic mass is 32.1. The molecule has 0 saturated heterocycles. The number of ether oxygens (including phenoxy) is 1. The van der Waals surface area contributed by atoms with Crippen molar-refractivity contribution in [3.63, 3.8) is 0 Å². The molecule has 4 rings (SSSR count). The van der Waals surface area contributed by atoms with Crippen LogP contribution in [0.15, 0.2) is 35.4 Å². The van der Waals surface area contributed by atoms with Gasteiger partial charge in [-0.15, -0.1) is 11.3 Å². The molecule has 6 nitrogen and oxygen atoms in total. The van der Waals surface area contributed by atoms with Gasteiger partial charge in [-0.05, 0) is 43.4 Å². The van der Waals surface area contributed by atoms with E-state index in [1.54, 1.807) is 30.6 Å². The van der Waals surface area contributed by atoms with Gasteiger partial charge in [0, 0.05) is 4.88 Å². The summed E-state index contributed by atoms with van der Waals surface area (Å²) in [5.74, 6) is 0.328. The fourth-order valence-corrected chi connectivity index (χ4v) is 4.91. The molecule has 0 fully saturated rings. The number of para-hydroxylation sites is 2. The largest absolute Gasteiger partial charge is 0.495 e. The van der Waals surface area contributed by atoms with Gasteiger partial charge in [0.1, 0.15) is 16.6 Å². The number of hydrogen-bond donors (Lipinski definition) is 1. The Morgan fingerprint density at radius 3 is 2.96 bits per heavy atom. The summed E-state index contributed by atoms with van der Waals surface area (Å²) in [5.41, 5.74) is 1.59. The minimum absolute atomic E-state index is 0.124. The number of methoxy groups -OCH3 is 1. The lowest BCUT2D eigenvalue weighted by Crippen LogP contribution is -2.33. The standard InChI is InChI=1S/C20H21N3O3S/c1-3-14(18(24)22-13-8-4-5-9-15(13)26-2)23-11-21-19-17(20(23)25)12-7-6-10-16(12)27-19/h4-5,8-9,11,14H,3,6-7,10H2,1-2H3,(H,22,24). The lowest BCUT2D eigenvalue weighted by molar-refractivity contribution is -0.119. The first kappa shape index (κ1) is 17.7. The molecule has 0 bridgehead atoms. The Morgan fingerprint density at radius 1 is 1.37 bits per heavy atom. The second-order valence-electron chi connectivity index (χ2n) is 6.61. The van der Waals surface area contributed by atoms with Crippen LogP contribution in [0.4, 0.5) is 5.69 Å². The van der Waals surface area contributed by atoms with E-state index in [1.807, 2.05) is 19.1 Å². The Hall–Kier alpha value is -2.67. The fourth-order valence-electron chi connectivity index (χ4n) is 3.69. The predicted octanol–water partition coefficient (Wildman–Crippen LogP) is 3.55. The number of carbonyl (C=O) groups is 1. The molecule has 0 aliphatic heterocycles. The molecule has 0 spiro atoms. The van der Waals surface area contributed by atoms with E-state index in [1.165, 1.54) is 15.8 Å². The number of rotatable bonds is 5. The number of aryl methyl sites for hydroxylation is 2. The molecule has 2 aromatic heterocycles. The Bertz CT molecular complexity index is 1070. The van der Waals surface area contributed by atoms with Crippen LogP contribution in [0.2, 0.25) is 0 Å². The summed E-state index contributed by atoms with van der Waals surface area (Å²) in [7, 11) is 1.56. The second kappa shape index (κ2) is 7.15. The Labute approximate surface area is 160 Å². The van der Waals surface area contributed by atoms with Crippen LogP contribution in [0.5, 0.6) is 5.75 Å². The molecule has 0 saturated carbocycles. The summed E-state index contributed by atoms with van der Waals surface area (Å²) in [6.45, 7) is 1.89. The van der Waals surface area contributed by atoms with Gasteiger partial charge in [0.2, 0.25) is 5.91 Å². The van der Waals surface area contributed by atoms with Gasteiger partial charge < -0.3 is 10.1 Å². The summed E-state index contributed by atoms with van der Waals surface area (Å²) >= 11 is 1.60. The van der Waals surface area contributed by atoms with Gasteiger partial charge in [0.15, 0.2) is 0 Å². The molecule has 1 atom stereocenters. The molecule has 27 heavy (non-hydrogen) atoms. The summed E-state index contributed by atoms with van der Waals surface area (Å²) in [6.07, 6.45) is 5.01. The fraction of sp³-hybridized carbons (Fsp3) is 0.350. The average Bonchev–Trinajstić information content (AvgIpc) is 3.25. The van der Waals surface area contributed by atoms with Crippen LogP contribution in [0.25, 0.3) is 10.2 Å². The van der Waals surface area contributed by atoms with Gasteiger partial charge in [0.05, 0.1) is 24.5 Å². The van der Waals surface area contributed by atoms with Crippen LogP contribution >= 0.6 is 11.3 Å². The minimum atomic E-state index is -0.628. The van der Waals surface area contributed by atoms with Crippen molar-refractivity contribution >= 4 is 33.1 Å². The molecular weight excluding hydrogens is 362 g/mol. The number of benzene rings is 1. The first-order valence-corrected chi connectivity index (χ1v) is 9.91. The monoisotopic (exact) mass is 383 g/mol. The third kappa shape index (κ3) is 3.02. The predicted molar refractivity (Wildman–Crippen MR) is 107 cm³/mol. The zero-order chi connectivity index (χ0) is 19.0. The number of thiophene rings is 1. The van der Waals surface area contributed by atoms with Crippen molar-refractivity contribution < 1.29 is 9.53 Å². The van der Waals surface area contributed by atoms with Crippen LogP contribution in [0.3, 0.4) is 0 Å². The Kier molecular flexibility index (Phi) is 4.70. The summed E-state index contributed by atoms with van der Waals surface area (Å²) in [5, 5.41) is 3.58. The van der Waals surface area contributed by atoms with E-state index in [4.69, 9.17) is 4.74 Å². The number of anilines is 1. The Morgan fingerprint density at radius 2 is 2.19 bits per heavy atom. The van der Waals surface area contributed by atoms with Crippen LogP contribution in [-0.4, -0.2) is 22.6 Å². The quantitative estimate of drug-likeness (QED) is 0.731. The smallest absolute Gasteiger partial charge is 0.263 e. The maximum absolute atomic E-state index is 13.2. The summed E-state index contributed by atoms with van der Waals surface area (Å²) in [4.78, 5) is 32.6. The van der Waals surface area contributed by atoms with Crippen LogP contribution in [0, 0.1) is 0 Å². The van der Waals surface area contributed by atoms with Crippen LogP contribution in [-0.2, 0) is 17.6 Å². The van der Waals surface area contributed by atoms with Gasteiger partial charge in [-0.3, -0.25) is 14.2 Å². The molecule has 1 amide bonds. The maximum atomic E-state index is 13.2. The second-order valence-corrected chi connectivity index (χ2v) is 7.69. The maximum Gasteiger partial charge on any atom is 0.263 e. The van der Waals surface area contributed by atoms with E-state index in [0.717, 1.165) is 29.7 Å². The van der Waals surface area contributed by atoms with E-state index < -0.39 is 6.04 Å². The SMILES string of the molecule is CCC(C(=O)Nc1ccccc1OC)n1cnc2sc3c(c2c1=O)CCC3. The number of aromatic nitrogens is 2. The minimum Gasteiger partial charge on any atom is -0.495 e. The molecule has 140 valence electrons. The van der Waals surface area contributed by atoms with Crippen molar-refractivity contribution in [3.8, 4) is 5.75 Å². The molecule has 1 N–H and O–H groups in total. The molecule has 1 unspecified atom stereocenters. The van der Waals surface area contributed by atoms with E-state index in [2.05, 4.69) is 10.3 Å². The highest BCUT2D eigenvalue weighted by Crippen LogP contribution is 2.34. The Balaban J connectivity index is 1.71. The van der Waals surface area contributed by atoms with Crippen molar-refractivity contribution in [2.24, 2.45) is 0 Å². The molecular formula is C20H21N3O3S. The lowest BCUT2D eigenvalue weighted by Gasteiger charge is -2.18. The normalized spacial score (nSPS) is 14.1. The van der Waals surface area contributed by atoms with Crippen molar-refractivity contribution in [1.29, 1.82) is 0 Å². The number of carbonyl (C=O) groups excluding carboxylic acids is 1. The van der Waals surface area contributed by atoms with Crippen LogP contribution in [0.1, 0.15) is 36.2 Å². The number of fused-ring (bicyclic) bond motifs is 3. The summed E-state index contributed by atoms with van der Waals surface area (Å²) < 4.78 is 6.76. The zero-order valence-electron chi connectivity index (χ0n) is 15.3. The molecule has 1 aliphatic rings. The average molecular weight is 383 g/mol. The molecule has 1 aliphatic carbocycles. The van der Waals surface area contributed by atoms with E-state index in [9.17, 15) is 9.59 Å². The third-order valence-corrected chi connectivity index (χ3v) is 6.24. The lowest BCUT2D eigenvalue weighted by atomic mass is 10.1. The molecule has 7 heteroatoms. The number of amides is 1. The molecule has 3 aromatic rings. The number of nitrogens with one attached hydrogen (secondary N) is 1. The number of nitrogens with zero attached hydrogens (tertiary/aromatic N) is 2. The van der Waals surface area contributed by atoms with E-state index >= 15 is 0 Å². The van der Waals surface area contributed by atoms with Gasteiger partial charge in [0.25, 0.3) is 5.56 Å². The zero-order valence-corrected chi connectivity index (χ0v) is 16.1. The number of hydrogen-bond acceptors (Lipinski definition) is 5. The first-order chi connectivity index (χ1) is 13.1. The van der Waals surface area contributed by atoms with Crippen molar-refractivity contribution in [2.45, 2.75) is 38.6 Å². The van der Waals surface area contributed by atoms with Gasteiger partial charge >= 0.3 is 0 Å². The van der Waals surface area contributed by atoms with Gasteiger partial charge in [-0.1, -0.05) is 19.1 Å². The molecule has 2 heterocycles. The van der Waals surface area contributed by atoms with Crippen molar-refractivity contribution in [3.05, 3.63) is 51.4 Å². The highest BCUT2D eigenvalue weighted by Gasteiger charge is 2.25. The third-order valence-electron chi connectivity index (χ3n) is 5.04. The van der Waals surface area contributed by atoms with E-state index in [0.29, 0.717) is 23.2 Å². The first-order valence-electron chi connectivity index (χ1n) is 9.09. The van der Waals surface area contributed by atoms with E-state index in [-0.39, 0.29) is 11.5 Å². The topological polar surface area (TPSA) is 73.2 Å². The van der Waals surface area contributed by atoms with Crippen molar-refractivity contribution in [2.75, 3.05) is 12.4 Å². The van der Waals surface area contributed by atoms with Crippen molar-refractivity contribution in [1.82, 2.24) is 9.55 Å².